The summed E-state index contributed by atoms with van der Waals surface area (Å²) in [5.74, 6) is 0.119. The number of hydrogen-bond acceptors (Lipinski definition) is 5. The number of methoxy groups -OCH3 is 2. The van der Waals surface area contributed by atoms with Gasteiger partial charge < -0.3 is 9.47 Å². The van der Waals surface area contributed by atoms with Crippen LogP contribution < -0.4 is 4.74 Å². The monoisotopic (exact) mass is 306 g/mol. The maximum atomic E-state index is 11.7. The molecule has 1 aromatic heterocycles. The van der Waals surface area contributed by atoms with Gasteiger partial charge in [0, 0.05) is 12.1 Å². The predicted octanol–water partition coefficient (Wildman–Crippen LogP) is 2.83. The fraction of sp³-hybridized carbons (Fsp3) is 0.267. The number of nitrogens with zero attached hydrogens (tertiary/aromatic N) is 2. The number of rotatable bonds is 5. The van der Waals surface area contributed by atoms with Gasteiger partial charge in [0.25, 0.3) is 0 Å². The summed E-state index contributed by atoms with van der Waals surface area (Å²) in [6.07, 6.45) is 1.73. The van der Waals surface area contributed by atoms with Crippen LogP contribution in [0.25, 0.3) is 0 Å². The number of carbonyl (C=O) groups is 1. The zero-order chi connectivity index (χ0) is 15.2. The average Bonchev–Trinajstić information content (AvgIpc) is 2.52. The highest BCUT2D eigenvalue weighted by Crippen LogP contribution is 2.29. The lowest BCUT2D eigenvalue weighted by molar-refractivity contribution is -0.140. The first-order valence-electron chi connectivity index (χ1n) is 6.33. The molecule has 1 atom stereocenters. The Kier molecular flexibility index (Phi) is 5.11. The zero-order valence-corrected chi connectivity index (χ0v) is 12.5. The topological polar surface area (TPSA) is 61.3 Å². The summed E-state index contributed by atoms with van der Waals surface area (Å²) in [4.78, 5) is 19.7. The van der Waals surface area contributed by atoms with Crippen LogP contribution >= 0.6 is 11.6 Å². The van der Waals surface area contributed by atoms with E-state index in [0.29, 0.717) is 11.4 Å². The van der Waals surface area contributed by atoms with Gasteiger partial charge in [-0.15, -0.1) is 0 Å². The van der Waals surface area contributed by atoms with Crippen molar-refractivity contribution in [2.24, 2.45) is 0 Å². The first kappa shape index (κ1) is 15.3. The molecule has 1 unspecified atom stereocenters. The molecular weight excluding hydrogens is 292 g/mol. The summed E-state index contributed by atoms with van der Waals surface area (Å²) in [6.45, 7) is 0. The van der Waals surface area contributed by atoms with Crippen LogP contribution in [0.2, 0.25) is 5.28 Å². The molecule has 0 aliphatic heterocycles. The Morgan fingerprint density at radius 2 is 2.14 bits per heavy atom. The molecule has 0 aliphatic rings. The normalized spacial score (nSPS) is 11.8. The molecule has 2 aromatic rings. The lowest BCUT2D eigenvalue weighted by Crippen LogP contribution is -2.12. The molecule has 0 spiro atoms. The molecule has 0 N–H and O–H groups in total. The van der Waals surface area contributed by atoms with Crippen LogP contribution in [0.1, 0.15) is 23.6 Å². The Labute approximate surface area is 127 Å². The number of aromatic nitrogens is 2. The van der Waals surface area contributed by atoms with Crippen molar-refractivity contribution in [3.05, 3.63) is 53.1 Å². The standard InChI is InChI=1S/C15H15ClN2O3/c1-20-11-5-3-4-10(8-11)12(9-14(19)21-2)13-6-7-17-15(16)18-13/h3-8,12H,9H2,1-2H3. The van der Waals surface area contributed by atoms with Crippen LogP contribution in [0.3, 0.4) is 0 Å². The summed E-state index contributed by atoms with van der Waals surface area (Å²) in [5, 5.41) is 0.144. The lowest BCUT2D eigenvalue weighted by atomic mass is 9.92. The van der Waals surface area contributed by atoms with Crippen LogP contribution in [0, 0.1) is 0 Å². The van der Waals surface area contributed by atoms with E-state index in [2.05, 4.69) is 9.97 Å². The van der Waals surface area contributed by atoms with Gasteiger partial charge in [-0.3, -0.25) is 4.79 Å². The molecule has 0 radical (unpaired) electrons. The van der Waals surface area contributed by atoms with E-state index in [1.54, 1.807) is 19.4 Å². The minimum atomic E-state index is -0.322. The fourth-order valence-electron chi connectivity index (χ4n) is 2.04. The molecule has 0 saturated heterocycles. The highest BCUT2D eigenvalue weighted by atomic mass is 35.5. The highest BCUT2D eigenvalue weighted by Gasteiger charge is 2.21. The summed E-state index contributed by atoms with van der Waals surface area (Å²) < 4.78 is 9.98. The van der Waals surface area contributed by atoms with Gasteiger partial charge in [-0.2, -0.15) is 0 Å². The van der Waals surface area contributed by atoms with E-state index in [1.165, 1.54) is 7.11 Å². The third-order valence-electron chi connectivity index (χ3n) is 3.10. The van der Waals surface area contributed by atoms with Crippen molar-refractivity contribution < 1.29 is 14.3 Å². The van der Waals surface area contributed by atoms with Crippen LogP contribution in [-0.4, -0.2) is 30.2 Å². The maximum absolute atomic E-state index is 11.7. The highest BCUT2D eigenvalue weighted by molar-refractivity contribution is 6.28. The van der Waals surface area contributed by atoms with Crippen molar-refractivity contribution in [3.8, 4) is 5.75 Å². The van der Waals surface area contributed by atoms with E-state index in [9.17, 15) is 4.79 Å². The number of benzene rings is 1. The molecule has 0 amide bonds. The maximum Gasteiger partial charge on any atom is 0.306 e. The molecule has 0 aliphatic carbocycles. The van der Waals surface area contributed by atoms with E-state index >= 15 is 0 Å². The largest absolute Gasteiger partial charge is 0.497 e. The quantitative estimate of drug-likeness (QED) is 0.628. The number of ether oxygens (including phenoxy) is 2. The van der Waals surface area contributed by atoms with Crippen LogP contribution in [0.5, 0.6) is 5.75 Å². The van der Waals surface area contributed by atoms with Crippen LogP contribution in [0.4, 0.5) is 0 Å². The number of halogens is 1. The molecular formula is C15H15ClN2O3. The molecule has 5 nitrogen and oxygen atoms in total. The first-order valence-corrected chi connectivity index (χ1v) is 6.71. The summed E-state index contributed by atoms with van der Waals surface area (Å²) in [7, 11) is 2.95. The molecule has 110 valence electrons. The predicted molar refractivity (Wildman–Crippen MR) is 78.5 cm³/mol. The van der Waals surface area contributed by atoms with Gasteiger partial charge in [-0.05, 0) is 35.4 Å². The van der Waals surface area contributed by atoms with Crippen molar-refractivity contribution in [2.75, 3.05) is 14.2 Å². The molecule has 2 rings (SSSR count). The number of hydrogen-bond donors (Lipinski definition) is 0. The van der Waals surface area contributed by atoms with Crippen molar-refractivity contribution in [1.82, 2.24) is 9.97 Å². The van der Waals surface area contributed by atoms with E-state index in [4.69, 9.17) is 21.1 Å². The fourth-order valence-corrected chi connectivity index (χ4v) is 2.20. The van der Waals surface area contributed by atoms with E-state index < -0.39 is 0 Å². The molecule has 21 heavy (non-hydrogen) atoms. The Morgan fingerprint density at radius 3 is 2.81 bits per heavy atom. The second-order valence-corrected chi connectivity index (χ2v) is 4.70. The van der Waals surface area contributed by atoms with Gasteiger partial charge in [0.2, 0.25) is 5.28 Å². The number of esters is 1. The van der Waals surface area contributed by atoms with Crippen LogP contribution in [-0.2, 0) is 9.53 Å². The van der Waals surface area contributed by atoms with Gasteiger partial charge in [0.05, 0.1) is 26.3 Å². The van der Waals surface area contributed by atoms with Crippen molar-refractivity contribution in [1.29, 1.82) is 0 Å². The lowest BCUT2D eigenvalue weighted by Gasteiger charge is -2.16. The van der Waals surface area contributed by atoms with Gasteiger partial charge in [0.15, 0.2) is 0 Å². The second-order valence-electron chi connectivity index (χ2n) is 4.36. The summed E-state index contributed by atoms with van der Waals surface area (Å²) in [6, 6.07) is 9.21. The Hall–Kier alpha value is -2.14. The van der Waals surface area contributed by atoms with Crippen molar-refractivity contribution in [2.45, 2.75) is 12.3 Å². The zero-order valence-electron chi connectivity index (χ0n) is 11.7. The first-order chi connectivity index (χ1) is 10.1. The molecule has 0 bridgehead atoms. The third kappa shape index (κ3) is 3.92. The smallest absolute Gasteiger partial charge is 0.306 e. The van der Waals surface area contributed by atoms with Gasteiger partial charge in [-0.25, -0.2) is 9.97 Å². The average molecular weight is 307 g/mol. The van der Waals surface area contributed by atoms with Gasteiger partial charge >= 0.3 is 5.97 Å². The summed E-state index contributed by atoms with van der Waals surface area (Å²) in [5.41, 5.74) is 1.56. The minimum Gasteiger partial charge on any atom is -0.497 e. The summed E-state index contributed by atoms with van der Waals surface area (Å²) >= 11 is 5.84. The van der Waals surface area contributed by atoms with Crippen LogP contribution in [0.15, 0.2) is 36.5 Å². The molecule has 6 heteroatoms. The van der Waals surface area contributed by atoms with E-state index in [0.717, 1.165) is 5.56 Å². The second kappa shape index (κ2) is 7.04. The van der Waals surface area contributed by atoms with E-state index in [-0.39, 0.29) is 23.6 Å². The SMILES string of the molecule is COC(=O)CC(c1cccc(OC)c1)c1ccnc(Cl)n1. The molecule has 1 heterocycles. The number of carbonyl (C=O) groups excluding carboxylic acids is 1. The molecule has 1 aromatic carbocycles. The minimum absolute atomic E-state index is 0.144. The Morgan fingerprint density at radius 1 is 1.33 bits per heavy atom. The Bertz CT molecular complexity index is 634. The van der Waals surface area contributed by atoms with Crippen molar-refractivity contribution >= 4 is 17.6 Å². The van der Waals surface area contributed by atoms with Gasteiger partial charge in [0.1, 0.15) is 5.75 Å². The van der Waals surface area contributed by atoms with E-state index in [1.807, 2.05) is 24.3 Å². The Balaban J connectivity index is 2.42. The van der Waals surface area contributed by atoms with Crippen molar-refractivity contribution in [3.63, 3.8) is 0 Å². The van der Waals surface area contributed by atoms with Gasteiger partial charge in [-0.1, -0.05) is 12.1 Å². The third-order valence-corrected chi connectivity index (χ3v) is 3.28. The molecule has 0 fully saturated rings. The molecule has 0 saturated carbocycles.